The lowest BCUT2D eigenvalue weighted by molar-refractivity contribution is -0.138. The molecule has 1 atom stereocenters. The van der Waals surface area contributed by atoms with Crippen molar-refractivity contribution in [3.63, 3.8) is 0 Å². The number of esters is 1. The maximum absolute atomic E-state index is 11.4. The minimum Gasteiger partial charge on any atom is -0.497 e. The number of ether oxygens (including phenoxy) is 3. The quantitative estimate of drug-likeness (QED) is 0.589. The summed E-state index contributed by atoms with van der Waals surface area (Å²) in [6.45, 7) is 3.91. The summed E-state index contributed by atoms with van der Waals surface area (Å²) in [5, 5.41) is 9.83. The molecule has 0 radical (unpaired) electrons. The number of hydrogen-bond donors (Lipinski definition) is 1. The van der Waals surface area contributed by atoms with Crippen LogP contribution < -0.4 is 9.47 Å². The topological polar surface area (TPSA) is 65.0 Å². The molecular weight excluding hydrogens is 272 g/mol. The molecule has 0 aliphatic rings. The summed E-state index contributed by atoms with van der Waals surface area (Å²) in [5.41, 5.74) is 0.486. The van der Waals surface area contributed by atoms with Crippen molar-refractivity contribution >= 4 is 5.97 Å². The maximum Gasteiger partial charge on any atom is 0.333 e. The summed E-state index contributed by atoms with van der Waals surface area (Å²) in [6.07, 6.45) is 1.30. The summed E-state index contributed by atoms with van der Waals surface area (Å²) < 4.78 is 15.4. The van der Waals surface area contributed by atoms with Gasteiger partial charge in [-0.2, -0.15) is 0 Å². The van der Waals surface area contributed by atoms with Crippen LogP contribution in [0.2, 0.25) is 0 Å². The average molecular weight is 294 g/mol. The molecule has 0 saturated heterocycles. The van der Waals surface area contributed by atoms with E-state index in [1.165, 1.54) is 0 Å². The number of methoxy groups -OCH3 is 1. The zero-order chi connectivity index (χ0) is 15.7. The Hall–Kier alpha value is -2.01. The van der Waals surface area contributed by atoms with Crippen molar-refractivity contribution in [1.29, 1.82) is 0 Å². The van der Waals surface area contributed by atoms with Gasteiger partial charge in [0, 0.05) is 5.57 Å². The molecule has 5 nitrogen and oxygen atoms in total. The number of aliphatic hydroxyl groups is 1. The van der Waals surface area contributed by atoms with Crippen molar-refractivity contribution in [2.24, 2.45) is 0 Å². The van der Waals surface area contributed by atoms with Crippen LogP contribution in [0.3, 0.4) is 0 Å². The Bertz CT molecular complexity index is 464. The van der Waals surface area contributed by atoms with Crippen LogP contribution in [0.1, 0.15) is 20.3 Å². The van der Waals surface area contributed by atoms with Crippen molar-refractivity contribution in [2.75, 3.05) is 20.3 Å². The molecule has 0 aromatic heterocycles. The standard InChI is InChI=1S/C16H22O5/c1-4-20-16(18)12(2)5-6-13(17)11-21-15-9-7-14(19-3)8-10-15/h5,7-10,13,17H,4,6,11H2,1-3H3/b12-5+/t13-/m1/s1. The molecular formula is C16H22O5. The Labute approximate surface area is 125 Å². The Morgan fingerprint density at radius 1 is 1.29 bits per heavy atom. The SMILES string of the molecule is CCOC(=O)/C(C)=C/C[C@@H](O)COc1ccc(OC)cc1. The van der Waals surface area contributed by atoms with Crippen LogP contribution in [0.4, 0.5) is 0 Å². The third-order valence-electron chi connectivity index (χ3n) is 2.80. The first-order chi connectivity index (χ1) is 10.1. The van der Waals surface area contributed by atoms with Crippen molar-refractivity contribution in [3.05, 3.63) is 35.9 Å². The molecule has 5 heteroatoms. The molecule has 0 spiro atoms. The van der Waals surface area contributed by atoms with Crippen LogP contribution in [0.5, 0.6) is 11.5 Å². The van der Waals surface area contributed by atoms with Gasteiger partial charge in [0.2, 0.25) is 0 Å². The third-order valence-corrected chi connectivity index (χ3v) is 2.80. The highest BCUT2D eigenvalue weighted by atomic mass is 16.5. The molecule has 0 unspecified atom stereocenters. The first kappa shape index (κ1) is 17.0. The van der Waals surface area contributed by atoms with Gasteiger partial charge in [-0.05, 0) is 44.5 Å². The van der Waals surface area contributed by atoms with E-state index in [1.807, 2.05) is 0 Å². The third kappa shape index (κ3) is 6.31. The average Bonchev–Trinajstić information content (AvgIpc) is 2.51. The van der Waals surface area contributed by atoms with Gasteiger partial charge in [0.1, 0.15) is 18.1 Å². The fraction of sp³-hybridized carbons (Fsp3) is 0.438. The van der Waals surface area contributed by atoms with Crippen molar-refractivity contribution in [1.82, 2.24) is 0 Å². The van der Waals surface area contributed by atoms with Gasteiger partial charge in [-0.1, -0.05) is 6.08 Å². The largest absolute Gasteiger partial charge is 0.497 e. The second kappa shape index (κ2) is 9.02. The van der Waals surface area contributed by atoms with Crippen LogP contribution in [0.25, 0.3) is 0 Å². The van der Waals surface area contributed by atoms with Gasteiger partial charge >= 0.3 is 5.97 Å². The maximum atomic E-state index is 11.4. The molecule has 0 aliphatic heterocycles. The number of aliphatic hydroxyl groups excluding tert-OH is 1. The lowest BCUT2D eigenvalue weighted by atomic mass is 10.2. The summed E-state index contributed by atoms with van der Waals surface area (Å²) in [6, 6.07) is 7.11. The number of carbonyl (C=O) groups excluding carboxylic acids is 1. The first-order valence-corrected chi connectivity index (χ1v) is 6.85. The summed E-state index contributed by atoms with van der Waals surface area (Å²) in [7, 11) is 1.60. The van der Waals surface area contributed by atoms with E-state index in [2.05, 4.69) is 0 Å². The van der Waals surface area contributed by atoms with E-state index < -0.39 is 6.10 Å². The second-order valence-corrected chi connectivity index (χ2v) is 4.48. The second-order valence-electron chi connectivity index (χ2n) is 4.48. The molecule has 1 rings (SSSR count). The normalized spacial score (nSPS) is 12.7. The number of rotatable bonds is 8. The van der Waals surface area contributed by atoms with Crippen molar-refractivity contribution in [3.8, 4) is 11.5 Å². The van der Waals surface area contributed by atoms with E-state index in [0.29, 0.717) is 24.4 Å². The predicted molar refractivity (Wildman–Crippen MR) is 79.5 cm³/mol. The van der Waals surface area contributed by atoms with Crippen LogP contribution in [-0.2, 0) is 9.53 Å². The Kier molecular flexibility index (Phi) is 7.32. The fourth-order valence-corrected chi connectivity index (χ4v) is 1.57. The molecule has 0 heterocycles. The van der Waals surface area contributed by atoms with Crippen LogP contribution in [-0.4, -0.2) is 37.5 Å². The highest BCUT2D eigenvalue weighted by Crippen LogP contribution is 2.17. The molecule has 1 aromatic rings. The van der Waals surface area contributed by atoms with Crippen LogP contribution >= 0.6 is 0 Å². The van der Waals surface area contributed by atoms with Gasteiger partial charge in [-0.15, -0.1) is 0 Å². The molecule has 116 valence electrons. The summed E-state index contributed by atoms with van der Waals surface area (Å²) in [4.78, 5) is 11.4. The molecule has 1 aromatic carbocycles. The Morgan fingerprint density at radius 2 is 1.90 bits per heavy atom. The van der Waals surface area contributed by atoms with E-state index in [-0.39, 0.29) is 12.6 Å². The van der Waals surface area contributed by atoms with E-state index >= 15 is 0 Å². The summed E-state index contributed by atoms with van der Waals surface area (Å²) in [5.74, 6) is 1.04. The number of hydrogen-bond acceptors (Lipinski definition) is 5. The lowest BCUT2D eigenvalue weighted by Gasteiger charge is -2.11. The van der Waals surface area contributed by atoms with E-state index in [4.69, 9.17) is 14.2 Å². The zero-order valence-electron chi connectivity index (χ0n) is 12.7. The minimum absolute atomic E-state index is 0.152. The van der Waals surface area contributed by atoms with E-state index in [0.717, 1.165) is 5.75 Å². The van der Waals surface area contributed by atoms with E-state index in [9.17, 15) is 9.90 Å². The Balaban J connectivity index is 2.37. The van der Waals surface area contributed by atoms with Crippen LogP contribution in [0, 0.1) is 0 Å². The van der Waals surface area contributed by atoms with Gasteiger partial charge in [-0.25, -0.2) is 4.79 Å². The highest BCUT2D eigenvalue weighted by molar-refractivity contribution is 5.87. The number of carbonyl (C=O) groups is 1. The molecule has 0 saturated carbocycles. The monoisotopic (exact) mass is 294 g/mol. The predicted octanol–water partition coefficient (Wildman–Crippen LogP) is 2.33. The van der Waals surface area contributed by atoms with Crippen molar-refractivity contribution < 1.29 is 24.1 Å². The molecule has 21 heavy (non-hydrogen) atoms. The van der Waals surface area contributed by atoms with Gasteiger partial charge in [-0.3, -0.25) is 0 Å². The smallest absolute Gasteiger partial charge is 0.333 e. The zero-order valence-corrected chi connectivity index (χ0v) is 12.7. The van der Waals surface area contributed by atoms with Crippen molar-refractivity contribution in [2.45, 2.75) is 26.4 Å². The highest BCUT2D eigenvalue weighted by Gasteiger charge is 2.08. The van der Waals surface area contributed by atoms with Gasteiger partial charge < -0.3 is 19.3 Å². The minimum atomic E-state index is -0.684. The molecule has 0 amide bonds. The summed E-state index contributed by atoms with van der Waals surface area (Å²) >= 11 is 0. The van der Waals surface area contributed by atoms with Gasteiger partial charge in [0.15, 0.2) is 0 Å². The van der Waals surface area contributed by atoms with E-state index in [1.54, 1.807) is 51.3 Å². The molecule has 0 bridgehead atoms. The fourth-order valence-electron chi connectivity index (χ4n) is 1.57. The lowest BCUT2D eigenvalue weighted by Crippen LogP contribution is -2.17. The molecule has 0 aliphatic carbocycles. The Morgan fingerprint density at radius 3 is 2.48 bits per heavy atom. The number of benzene rings is 1. The van der Waals surface area contributed by atoms with Gasteiger partial charge in [0.25, 0.3) is 0 Å². The first-order valence-electron chi connectivity index (χ1n) is 6.85. The van der Waals surface area contributed by atoms with Crippen LogP contribution in [0.15, 0.2) is 35.9 Å². The van der Waals surface area contributed by atoms with Gasteiger partial charge in [0.05, 0.1) is 19.8 Å². The molecule has 0 fully saturated rings. The molecule has 1 N–H and O–H groups in total.